The number of nitrogen functional groups attached to an aromatic ring is 1. The number of rotatable bonds is 5. The van der Waals surface area contributed by atoms with E-state index in [1.54, 1.807) is 0 Å². The van der Waals surface area contributed by atoms with Gasteiger partial charge in [0, 0.05) is 22.9 Å². The molecule has 0 bridgehead atoms. The summed E-state index contributed by atoms with van der Waals surface area (Å²) in [6, 6.07) is 4.18. The summed E-state index contributed by atoms with van der Waals surface area (Å²) in [4.78, 5) is 22.5. The van der Waals surface area contributed by atoms with Gasteiger partial charge < -0.3 is 10.7 Å². The van der Waals surface area contributed by atoms with Gasteiger partial charge in [-0.1, -0.05) is 0 Å². The molecule has 21 heavy (non-hydrogen) atoms. The zero-order valence-electron chi connectivity index (χ0n) is 11.7. The quantitative estimate of drug-likeness (QED) is 0.435. The van der Waals surface area contributed by atoms with Crippen LogP contribution in [-0.4, -0.2) is 27.9 Å². The van der Waals surface area contributed by atoms with Crippen molar-refractivity contribution >= 4 is 29.0 Å². The summed E-state index contributed by atoms with van der Waals surface area (Å²) in [5.41, 5.74) is 2.47. The van der Waals surface area contributed by atoms with Gasteiger partial charge in [-0.3, -0.25) is 20.8 Å². The summed E-state index contributed by atoms with van der Waals surface area (Å²) in [6.07, 6.45) is 2.22. The number of amides is 1. The van der Waals surface area contributed by atoms with Crippen LogP contribution in [0.2, 0.25) is 0 Å². The van der Waals surface area contributed by atoms with Crippen LogP contribution >= 0.6 is 11.8 Å². The first-order chi connectivity index (χ1) is 9.95. The molecule has 1 atom stereocenters. The molecule has 1 fully saturated rings. The average molecular weight is 310 g/mol. The molecule has 1 aliphatic heterocycles. The maximum Gasteiger partial charge on any atom is 0.294 e. The Balaban J connectivity index is 2.08. The number of nitro groups is 1. The molecule has 1 heterocycles. The highest BCUT2D eigenvalue weighted by atomic mass is 32.2. The van der Waals surface area contributed by atoms with Crippen molar-refractivity contribution in [1.29, 1.82) is 0 Å². The number of nitro benzene ring substituents is 1. The van der Waals surface area contributed by atoms with E-state index in [4.69, 9.17) is 5.84 Å². The molecule has 0 saturated carbocycles. The van der Waals surface area contributed by atoms with E-state index in [2.05, 4.69) is 17.7 Å². The normalized spacial score (nSPS) is 21.0. The number of nitrogens with one attached hydrogen (secondary N) is 2. The van der Waals surface area contributed by atoms with E-state index in [0.717, 1.165) is 18.6 Å². The fourth-order valence-corrected chi connectivity index (χ4v) is 3.54. The average Bonchev–Trinajstić information content (AvgIpc) is 2.91. The maximum absolute atomic E-state index is 12.1. The summed E-state index contributed by atoms with van der Waals surface area (Å²) in [5, 5.41) is 13.8. The summed E-state index contributed by atoms with van der Waals surface area (Å²) in [5.74, 6) is 6.01. The summed E-state index contributed by atoms with van der Waals surface area (Å²) in [7, 11) is 0. The highest BCUT2D eigenvalue weighted by molar-refractivity contribution is 8.00. The van der Waals surface area contributed by atoms with Crippen molar-refractivity contribution in [3.63, 3.8) is 0 Å². The van der Waals surface area contributed by atoms with Gasteiger partial charge in [-0.25, -0.2) is 0 Å². The molecule has 0 aromatic heterocycles. The Morgan fingerprint density at radius 3 is 2.90 bits per heavy atom. The molecule has 1 aromatic rings. The lowest BCUT2D eigenvalue weighted by Gasteiger charge is -2.22. The Morgan fingerprint density at radius 2 is 2.33 bits per heavy atom. The van der Waals surface area contributed by atoms with Gasteiger partial charge in [0.25, 0.3) is 11.6 Å². The van der Waals surface area contributed by atoms with Crippen molar-refractivity contribution in [3.05, 3.63) is 33.9 Å². The minimum atomic E-state index is -0.569. The molecule has 114 valence electrons. The summed E-state index contributed by atoms with van der Waals surface area (Å²) < 4.78 is 0.0559. The standard InChI is InChI=1S/C13H18N4O3S/c1-13(5-2-6-21-13)8-15-12(18)9-3-4-10(16-14)11(7-9)17(19)20/h3-4,7,16H,2,5-6,8,14H2,1H3,(H,15,18). The molecule has 1 unspecified atom stereocenters. The first-order valence-corrected chi connectivity index (χ1v) is 7.61. The first-order valence-electron chi connectivity index (χ1n) is 6.62. The van der Waals surface area contributed by atoms with Gasteiger partial charge in [0.2, 0.25) is 0 Å². The maximum atomic E-state index is 12.1. The van der Waals surface area contributed by atoms with Crippen LogP contribution < -0.4 is 16.6 Å². The molecule has 1 amide bonds. The van der Waals surface area contributed by atoms with E-state index in [-0.39, 0.29) is 27.6 Å². The van der Waals surface area contributed by atoms with Crippen LogP contribution in [0.25, 0.3) is 0 Å². The molecule has 0 radical (unpaired) electrons. The zero-order valence-corrected chi connectivity index (χ0v) is 12.5. The Morgan fingerprint density at radius 1 is 1.57 bits per heavy atom. The lowest BCUT2D eigenvalue weighted by atomic mass is 10.1. The second kappa shape index (κ2) is 6.31. The van der Waals surface area contributed by atoms with Gasteiger partial charge in [-0.2, -0.15) is 11.8 Å². The largest absolute Gasteiger partial charge is 0.351 e. The predicted octanol–water partition coefficient (Wildman–Crippen LogP) is 1.90. The number of hydrogen-bond donors (Lipinski definition) is 3. The molecule has 7 nitrogen and oxygen atoms in total. The molecule has 1 saturated heterocycles. The Hall–Kier alpha value is -1.80. The number of nitrogens with zero attached hydrogens (tertiary/aromatic N) is 1. The lowest BCUT2D eigenvalue weighted by Crippen LogP contribution is -2.36. The molecule has 8 heteroatoms. The second-order valence-corrected chi connectivity index (χ2v) is 6.90. The topological polar surface area (TPSA) is 110 Å². The fourth-order valence-electron chi connectivity index (χ4n) is 2.29. The number of hydrazine groups is 1. The minimum Gasteiger partial charge on any atom is -0.351 e. The molecule has 0 aliphatic carbocycles. The van der Waals surface area contributed by atoms with Gasteiger partial charge in [0.15, 0.2) is 0 Å². The van der Waals surface area contributed by atoms with Crippen LogP contribution in [0.3, 0.4) is 0 Å². The second-order valence-electron chi connectivity index (χ2n) is 5.22. The molecule has 0 spiro atoms. The van der Waals surface area contributed by atoms with E-state index in [1.165, 1.54) is 18.2 Å². The zero-order chi connectivity index (χ0) is 15.5. The lowest BCUT2D eigenvalue weighted by molar-refractivity contribution is -0.384. The molecular weight excluding hydrogens is 292 g/mol. The number of carbonyl (C=O) groups is 1. The summed E-state index contributed by atoms with van der Waals surface area (Å²) >= 11 is 1.85. The highest BCUT2D eigenvalue weighted by Gasteiger charge is 2.30. The SMILES string of the molecule is CC1(CNC(=O)c2ccc(NN)c([N+](=O)[O-])c2)CCCS1. The number of benzene rings is 1. The van der Waals surface area contributed by atoms with Gasteiger partial charge in [0.1, 0.15) is 5.69 Å². The molecule has 1 aliphatic rings. The monoisotopic (exact) mass is 310 g/mol. The van der Waals surface area contributed by atoms with Gasteiger partial charge in [-0.05, 0) is 37.7 Å². The summed E-state index contributed by atoms with van der Waals surface area (Å²) in [6.45, 7) is 2.68. The molecule has 4 N–H and O–H groups in total. The Kier molecular flexibility index (Phi) is 4.69. The fraction of sp³-hybridized carbons (Fsp3) is 0.462. The third-order valence-electron chi connectivity index (χ3n) is 3.54. The third kappa shape index (κ3) is 3.64. The molecule has 2 rings (SSSR count). The van der Waals surface area contributed by atoms with Gasteiger partial charge in [0.05, 0.1) is 4.92 Å². The van der Waals surface area contributed by atoms with Gasteiger partial charge in [-0.15, -0.1) is 0 Å². The number of anilines is 1. The van der Waals surface area contributed by atoms with E-state index < -0.39 is 4.92 Å². The number of hydrogen-bond acceptors (Lipinski definition) is 6. The van der Waals surface area contributed by atoms with Crippen molar-refractivity contribution < 1.29 is 9.72 Å². The smallest absolute Gasteiger partial charge is 0.294 e. The first kappa shape index (κ1) is 15.6. The van der Waals surface area contributed by atoms with Crippen molar-refractivity contribution in [2.75, 3.05) is 17.7 Å². The van der Waals surface area contributed by atoms with Crippen molar-refractivity contribution in [2.24, 2.45) is 5.84 Å². The van der Waals surface area contributed by atoms with Crippen LogP contribution in [0.5, 0.6) is 0 Å². The van der Waals surface area contributed by atoms with Crippen LogP contribution in [0.4, 0.5) is 11.4 Å². The third-order valence-corrected chi connectivity index (χ3v) is 5.07. The van der Waals surface area contributed by atoms with Crippen molar-refractivity contribution in [1.82, 2.24) is 5.32 Å². The highest BCUT2D eigenvalue weighted by Crippen LogP contribution is 2.37. The Bertz CT molecular complexity index is 558. The van der Waals surface area contributed by atoms with Crippen LogP contribution in [0.15, 0.2) is 18.2 Å². The number of carbonyl (C=O) groups excluding carboxylic acids is 1. The van der Waals surface area contributed by atoms with E-state index in [0.29, 0.717) is 6.54 Å². The Labute approximate surface area is 126 Å². The number of thioether (sulfide) groups is 1. The predicted molar refractivity (Wildman–Crippen MR) is 83.3 cm³/mol. The van der Waals surface area contributed by atoms with Crippen molar-refractivity contribution in [3.8, 4) is 0 Å². The van der Waals surface area contributed by atoms with Crippen LogP contribution in [-0.2, 0) is 0 Å². The van der Waals surface area contributed by atoms with E-state index >= 15 is 0 Å². The van der Waals surface area contributed by atoms with E-state index in [9.17, 15) is 14.9 Å². The van der Waals surface area contributed by atoms with Crippen LogP contribution in [0, 0.1) is 10.1 Å². The molecular formula is C13H18N4O3S. The minimum absolute atomic E-state index is 0.0559. The van der Waals surface area contributed by atoms with E-state index in [1.807, 2.05) is 11.8 Å². The van der Waals surface area contributed by atoms with Crippen LogP contribution in [0.1, 0.15) is 30.1 Å². The number of nitrogens with two attached hydrogens (primary N) is 1. The van der Waals surface area contributed by atoms with Gasteiger partial charge >= 0.3 is 0 Å². The molecule has 1 aromatic carbocycles. The van der Waals surface area contributed by atoms with Crippen molar-refractivity contribution in [2.45, 2.75) is 24.5 Å².